The van der Waals surface area contributed by atoms with E-state index in [1.54, 1.807) is 11.3 Å². The van der Waals surface area contributed by atoms with Gasteiger partial charge >= 0.3 is 0 Å². The van der Waals surface area contributed by atoms with Crippen LogP contribution in [0.5, 0.6) is 5.75 Å². The first kappa shape index (κ1) is 20.3. The third-order valence-electron chi connectivity index (χ3n) is 5.52. The van der Waals surface area contributed by atoms with Gasteiger partial charge in [0.25, 0.3) is 0 Å². The van der Waals surface area contributed by atoms with Gasteiger partial charge in [-0.3, -0.25) is 0 Å². The molecule has 0 aliphatic carbocycles. The van der Waals surface area contributed by atoms with E-state index in [1.165, 1.54) is 0 Å². The minimum absolute atomic E-state index is 0.442. The quantitative estimate of drug-likeness (QED) is 0.315. The van der Waals surface area contributed by atoms with E-state index in [2.05, 4.69) is 50.3 Å². The molecule has 0 saturated heterocycles. The third-order valence-corrected chi connectivity index (χ3v) is 6.38. The Bertz CT molecular complexity index is 1540. The largest absolute Gasteiger partial charge is 0.489 e. The molecular weight excluding hydrogens is 446 g/mol. The molecule has 1 N–H and O–H groups in total. The highest BCUT2D eigenvalue weighted by Crippen LogP contribution is 2.34. The topological polar surface area (TPSA) is 89.7 Å². The number of nitrogens with one attached hydrogen (secondary N) is 1. The average molecular weight is 466 g/mol. The number of thiazole rings is 1. The Morgan fingerprint density at radius 2 is 1.76 bits per heavy atom. The van der Waals surface area contributed by atoms with Crippen LogP contribution in [0, 0.1) is 0 Å². The molecule has 0 aliphatic rings. The third kappa shape index (κ3) is 4.18. The fraction of sp³-hybridized carbons (Fsp3) is 0.0769. The Kier molecular flexibility index (Phi) is 5.33. The summed E-state index contributed by atoms with van der Waals surface area (Å²) in [6, 6.07) is 26.1. The van der Waals surface area contributed by atoms with Gasteiger partial charge in [-0.15, -0.1) is 21.5 Å². The Balaban J connectivity index is 1.20. The summed E-state index contributed by atoms with van der Waals surface area (Å²) in [6.45, 7) is 0.442. The summed E-state index contributed by atoms with van der Waals surface area (Å²) in [4.78, 5) is 4.76. The standard InChI is InChI=1S/C26H19N5O2S/c1-2-6-17(7-3-1)22-16-34-26(27-22)24-13-20-12-21(10-11-23(20)33-24)32-15-19-9-5-4-8-18(19)14-25-28-30-31-29-25/h1-13,16H,14-15H2,(H,28,29,30,31). The van der Waals surface area contributed by atoms with Gasteiger partial charge in [0.05, 0.1) is 5.69 Å². The zero-order chi connectivity index (χ0) is 22.7. The molecule has 0 amide bonds. The van der Waals surface area contributed by atoms with Crippen molar-refractivity contribution in [2.24, 2.45) is 0 Å². The summed E-state index contributed by atoms with van der Waals surface area (Å²) < 4.78 is 12.2. The fourth-order valence-electron chi connectivity index (χ4n) is 3.80. The second-order valence-corrected chi connectivity index (χ2v) is 8.63. The lowest BCUT2D eigenvalue weighted by Crippen LogP contribution is -2.02. The van der Waals surface area contributed by atoms with Gasteiger partial charge in [-0.2, -0.15) is 5.21 Å². The minimum atomic E-state index is 0.442. The first-order chi connectivity index (χ1) is 16.8. The van der Waals surface area contributed by atoms with Gasteiger partial charge in [-0.1, -0.05) is 59.8 Å². The number of furan rings is 1. The molecule has 0 spiro atoms. The van der Waals surface area contributed by atoms with Crippen LogP contribution in [0.1, 0.15) is 17.0 Å². The van der Waals surface area contributed by atoms with Crippen LogP contribution in [0.4, 0.5) is 0 Å². The van der Waals surface area contributed by atoms with Crippen LogP contribution in [-0.4, -0.2) is 25.6 Å². The number of hydrogen-bond donors (Lipinski definition) is 1. The highest BCUT2D eigenvalue weighted by molar-refractivity contribution is 7.13. The Hall–Kier alpha value is -4.30. The lowest BCUT2D eigenvalue weighted by molar-refractivity contribution is 0.305. The van der Waals surface area contributed by atoms with E-state index in [0.717, 1.165) is 49.9 Å². The van der Waals surface area contributed by atoms with Crippen molar-refractivity contribution >= 4 is 22.3 Å². The van der Waals surface area contributed by atoms with Gasteiger partial charge in [0.1, 0.15) is 17.9 Å². The lowest BCUT2D eigenvalue weighted by atomic mass is 10.1. The van der Waals surface area contributed by atoms with Crippen molar-refractivity contribution in [2.75, 3.05) is 0 Å². The highest BCUT2D eigenvalue weighted by Gasteiger charge is 2.13. The van der Waals surface area contributed by atoms with Crippen LogP contribution in [0.15, 0.2) is 88.7 Å². The van der Waals surface area contributed by atoms with Crippen molar-refractivity contribution in [3.63, 3.8) is 0 Å². The number of hydrogen-bond acceptors (Lipinski definition) is 7. The molecule has 7 nitrogen and oxygen atoms in total. The van der Waals surface area contributed by atoms with E-state index in [4.69, 9.17) is 14.1 Å². The number of tetrazole rings is 1. The Labute approximate surface area is 199 Å². The van der Waals surface area contributed by atoms with E-state index in [1.807, 2.05) is 54.6 Å². The molecule has 6 aromatic rings. The summed E-state index contributed by atoms with van der Waals surface area (Å²) in [5.41, 5.74) is 5.03. The molecule has 6 rings (SSSR count). The number of rotatable bonds is 7. The predicted octanol–water partition coefficient (Wildman–Crippen LogP) is 5.91. The SMILES string of the molecule is c1ccc(-c2csc(-c3cc4cc(OCc5ccccc5Cc5nn[nH]n5)ccc4o3)n2)cc1. The Morgan fingerprint density at radius 3 is 2.62 bits per heavy atom. The number of aromatic amines is 1. The number of fused-ring (bicyclic) bond motifs is 1. The monoisotopic (exact) mass is 465 g/mol. The maximum Gasteiger partial charge on any atom is 0.178 e. The molecule has 8 heteroatoms. The van der Waals surface area contributed by atoms with Crippen LogP contribution < -0.4 is 4.74 Å². The number of H-pyrrole nitrogens is 1. The second kappa shape index (κ2) is 8.92. The zero-order valence-corrected chi connectivity index (χ0v) is 18.8. The summed E-state index contributed by atoms with van der Waals surface area (Å²) in [6.07, 6.45) is 0.596. The van der Waals surface area contributed by atoms with Gasteiger partial charge < -0.3 is 9.15 Å². The van der Waals surface area contributed by atoms with E-state index >= 15 is 0 Å². The molecule has 34 heavy (non-hydrogen) atoms. The number of benzene rings is 3. The van der Waals surface area contributed by atoms with Crippen molar-refractivity contribution in [1.82, 2.24) is 25.6 Å². The van der Waals surface area contributed by atoms with Crippen molar-refractivity contribution in [3.8, 4) is 27.8 Å². The smallest absolute Gasteiger partial charge is 0.178 e. The van der Waals surface area contributed by atoms with Crippen LogP contribution in [0.3, 0.4) is 0 Å². The maximum atomic E-state index is 6.12. The van der Waals surface area contributed by atoms with Gasteiger partial charge in [0.2, 0.25) is 0 Å². The first-order valence-corrected chi connectivity index (χ1v) is 11.7. The minimum Gasteiger partial charge on any atom is -0.489 e. The highest BCUT2D eigenvalue weighted by atomic mass is 32.1. The molecule has 0 fully saturated rings. The van der Waals surface area contributed by atoms with Crippen LogP contribution in [0.25, 0.3) is 33.0 Å². The average Bonchev–Trinajstić information content (AvgIpc) is 3.64. The molecule has 166 valence electrons. The van der Waals surface area contributed by atoms with E-state index in [0.29, 0.717) is 18.9 Å². The maximum absolute atomic E-state index is 6.12. The summed E-state index contributed by atoms with van der Waals surface area (Å²) >= 11 is 1.57. The fourth-order valence-corrected chi connectivity index (χ4v) is 4.58. The van der Waals surface area contributed by atoms with Gasteiger partial charge in [0, 0.05) is 22.8 Å². The van der Waals surface area contributed by atoms with Gasteiger partial charge in [-0.25, -0.2) is 4.98 Å². The van der Waals surface area contributed by atoms with Crippen LogP contribution in [0.2, 0.25) is 0 Å². The number of aromatic nitrogens is 5. The number of ether oxygens (including phenoxy) is 1. The van der Waals surface area contributed by atoms with E-state index < -0.39 is 0 Å². The van der Waals surface area contributed by atoms with Gasteiger partial charge in [-0.05, 0) is 35.4 Å². The molecule has 3 aromatic heterocycles. The molecule has 3 heterocycles. The van der Waals surface area contributed by atoms with Crippen LogP contribution in [-0.2, 0) is 13.0 Å². The zero-order valence-electron chi connectivity index (χ0n) is 18.0. The predicted molar refractivity (Wildman–Crippen MR) is 131 cm³/mol. The molecule has 0 radical (unpaired) electrons. The number of nitrogens with zero attached hydrogens (tertiary/aromatic N) is 4. The van der Waals surface area contributed by atoms with Gasteiger partial charge in [0.15, 0.2) is 16.6 Å². The molecule has 0 atom stereocenters. The lowest BCUT2D eigenvalue weighted by Gasteiger charge is -2.10. The summed E-state index contributed by atoms with van der Waals surface area (Å²) in [7, 11) is 0. The first-order valence-electron chi connectivity index (χ1n) is 10.8. The molecule has 0 bridgehead atoms. The normalized spacial score (nSPS) is 11.2. The van der Waals surface area contributed by atoms with E-state index in [9.17, 15) is 0 Å². The molecule has 0 saturated carbocycles. The van der Waals surface area contributed by atoms with Crippen molar-refractivity contribution in [3.05, 3.63) is 101 Å². The molecule has 0 aliphatic heterocycles. The van der Waals surface area contributed by atoms with E-state index in [-0.39, 0.29) is 0 Å². The second-order valence-electron chi connectivity index (χ2n) is 7.78. The summed E-state index contributed by atoms with van der Waals surface area (Å²) in [5.74, 6) is 2.18. The molecular formula is C26H19N5O2S. The van der Waals surface area contributed by atoms with Crippen molar-refractivity contribution < 1.29 is 9.15 Å². The van der Waals surface area contributed by atoms with Crippen molar-refractivity contribution in [1.29, 1.82) is 0 Å². The summed E-state index contributed by atoms with van der Waals surface area (Å²) in [5, 5.41) is 18.1. The van der Waals surface area contributed by atoms with Crippen LogP contribution >= 0.6 is 11.3 Å². The van der Waals surface area contributed by atoms with Crippen molar-refractivity contribution in [2.45, 2.75) is 13.0 Å². The molecule has 0 unspecified atom stereocenters. The Morgan fingerprint density at radius 1 is 0.912 bits per heavy atom. The molecule has 3 aromatic carbocycles.